The summed E-state index contributed by atoms with van der Waals surface area (Å²) in [5.74, 6) is 1.11. The van der Waals surface area contributed by atoms with Crippen molar-refractivity contribution in [2.75, 3.05) is 0 Å². The third kappa shape index (κ3) is 3.54. The third-order valence-corrected chi connectivity index (χ3v) is 5.58. The lowest BCUT2D eigenvalue weighted by molar-refractivity contribution is -0.135. The van der Waals surface area contributed by atoms with Gasteiger partial charge in [-0.15, -0.1) is 0 Å². The zero-order valence-corrected chi connectivity index (χ0v) is 17.8. The number of carbonyl (C=O) groups excluding carboxylic acids is 2. The molecule has 160 valence electrons. The van der Waals surface area contributed by atoms with Crippen LogP contribution in [0.4, 0.5) is 0 Å². The molecular weight excluding hydrogens is 406 g/mol. The first-order valence-electron chi connectivity index (χ1n) is 10.4. The normalized spacial score (nSPS) is 16.7. The summed E-state index contributed by atoms with van der Waals surface area (Å²) in [6.07, 6.45) is 1.87. The van der Waals surface area contributed by atoms with Gasteiger partial charge in [0, 0.05) is 17.7 Å². The largest absolute Gasteiger partial charge is 0.487 e. The van der Waals surface area contributed by atoms with Gasteiger partial charge in [0.25, 0.3) is 0 Å². The highest BCUT2D eigenvalue weighted by Crippen LogP contribution is 2.49. The number of allylic oxidation sites excluding steroid dienone is 2. The van der Waals surface area contributed by atoms with Gasteiger partial charge in [0.1, 0.15) is 23.9 Å². The second-order valence-corrected chi connectivity index (χ2v) is 8.03. The van der Waals surface area contributed by atoms with E-state index in [9.17, 15) is 9.59 Å². The van der Waals surface area contributed by atoms with Gasteiger partial charge in [-0.25, -0.2) is 0 Å². The van der Waals surface area contributed by atoms with E-state index in [4.69, 9.17) is 14.2 Å². The molecule has 0 bridgehead atoms. The number of hydrogen-bond acceptors (Lipinski definition) is 6. The number of nitrogens with zero attached hydrogens (tertiary/aromatic N) is 1. The molecule has 0 fully saturated rings. The Balaban J connectivity index is 1.52. The minimum atomic E-state index is -0.325. The summed E-state index contributed by atoms with van der Waals surface area (Å²) in [4.78, 5) is 29.4. The van der Waals surface area contributed by atoms with Crippen molar-refractivity contribution in [3.8, 4) is 17.2 Å². The van der Waals surface area contributed by atoms with Crippen molar-refractivity contribution in [1.29, 1.82) is 0 Å². The number of benzene rings is 2. The number of hydrogen-bond donors (Lipinski definition) is 0. The first-order chi connectivity index (χ1) is 15.5. The fraction of sp³-hybridized carbons (Fsp3) is 0.192. The fourth-order valence-corrected chi connectivity index (χ4v) is 4.07. The maximum atomic E-state index is 12.8. The molecule has 0 spiro atoms. The molecule has 0 N–H and O–H groups in total. The Morgan fingerprint density at radius 3 is 2.72 bits per heavy atom. The van der Waals surface area contributed by atoms with Crippen molar-refractivity contribution < 1.29 is 23.8 Å². The number of rotatable bonds is 4. The van der Waals surface area contributed by atoms with E-state index in [2.05, 4.69) is 4.98 Å². The van der Waals surface area contributed by atoms with Gasteiger partial charge in [-0.3, -0.25) is 14.6 Å². The first-order valence-corrected chi connectivity index (χ1v) is 10.4. The Labute approximate surface area is 185 Å². The smallest absolute Gasteiger partial charge is 0.312 e. The summed E-state index contributed by atoms with van der Waals surface area (Å²) >= 11 is 0. The molecule has 5 rings (SSSR count). The fourth-order valence-electron chi connectivity index (χ4n) is 4.07. The van der Waals surface area contributed by atoms with E-state index in [-0.39, 0.29) is 24.1 Å². The lowest BCUT2D eigenvalue weighted by atomic mass is 9.84. The average Bonchev–Trinajstić information content (AvgIpc) is 3.15. The maximum Gasteiger partial charge on any atom is 0.312 e. The maximum absolute atomic E-state index is 12.8. The van der Waals surface area contributed by atoms with Crippen LogP contribution in [0, 0.1) is 0 Å². The van der Waals surface area contributed by atoms with Crippen LogP contribution in [0.5, 0.6) is 17.2 Å². The van der Waals surface area contributed by atoms with Gasteiger partial charge in [-0.05, 0) is 61.4 Å². The predicted octanol–water partition coefficient (Wildman–Crippen LogP) is 4.97. The Hall–Kier alpha value is -3.93. The van der Waals surface area contributed by atoms with Crippen LogP contribution in [0.25, 0.3) is 0 Å². The molecule has 2 aliphatic rings. The van der Waals surface area contributed by atoms with E-state index in [1.165, 1.54) is 0 Å². The molecule has 32 heavy (non-hydrogen) atoms. The number of Topliss-reactive ketones (excluding diaryl/α,β-unsaturated/α-hetero) is 1. The molecule has 3 heterocycles. The molecule has 2 aromatic carbocycles. The Morgan fingerprint density at radius 2 is 1.94 bits per heavy atom. The molecule has 0 saturated carbocycles. The summed E-state index contributed by atoms with van der Waals surface area (Å²) < 4.78 is 17.4. The molecule has 1 aromatic heterocycles. The van der Waals surface area contributed by atoms with E-state index in [1.54, 1.807) is 18.3 Å². The van der Waals surface area contributed by atoms with Gasteiger partial charge in [-0.1, -0.05) is 18.2 Å². The van der Waals surface area contributed by atoms with Crippen molar-refractivity contribution in [2.45, 2.75) is 32.8 Å². The number of fused-ring (bicyclic) bond motifs is 3. The van der Waals surface area contributed by atoms with Gasteiger partial charge in [-0.2, -0.15) is 0 Å². The van der Waals surface area contributed by atoms with Crippen molar-refractivity contribution in [3.63, 3.8) is 0 Å². The van der Waals surface area contributed by atoms with Crippen molar-refractivity contribution in [3.05, 3.63) is 94.5 Å². The summed E-state index contributed by atoms with van der Waals surface area (Å²) in [6.45, 7) is 4.02. The van der Waals surface area contributed by atoms with E-state index in [1.807, 2.05) is 56.3 Å². The Bertz CT molecular complexity index is 1260. The van der Waals surface area contributed by atoms with Gasteiger partial charge >= 0.3 is 5.97 Å². The van der Waals surface area contributed by atoms with E-state index < -0.39 is 0 Å². The van der Waals surface area contributed by atoms with Crippen LogP contribution < -0.4 is 14.2 Å². The van der Waals surface area contributed by atoms with Crippen LogP contribution in [0.2, 0.25) is 0 Å². The summed E-state index contributed by atoms with van der Waals surface area (Å²) in [7, 11) is 0. The number of ether oxygens (including phenoxy) is 3. The first kappa shape index (κ1) is 20.0. The number of carbonyl (C=O) groups is 2. The average molecular weight is 427 g/mol. The quantitative estimate of drug-likeness (QED) is 0.332. The highest BCUT2D eigenvalue weighted by molar-refractivity contribution is 6.13. The number of esters is 1. The van der Waals surface area contributed by atoms with Crippen LogP contribution >= 0.6 is 0 Å². The highest BCUT2D eigenvalue weighted by atomic mass is 16.5. The van der Waals surface area contributed by atoms with Crippen molar-refractivity contribution >= 4 is 11.8 Å². The lowest BCUT2D eigenvalue weighted by Crippen LogP contribution is -2.21. The zero-order chi connectivity index (χ0) is 22.2. The monoisotopic (exact) mass is 427 g/mol. The Kier molecular flexibility index (Phi) is 4.98. The van der Waals surface area contributed by atoms with E-state index in [0.717, 1.165) is 16.8 Å². The zero-order valence-electron chi connectivity index (χ0n) is 17.8. The standard InChI is InChI=1S/C26H21NO5/c1-15(2)25-24(29)19-9-10-21-23(26(19)32-25)20(13-22(28)31-21)16-6-5-8-18(12-16)30-14-17-7-3-4-11-27-17/h3-12,20H,13-14H2,1-2H3. The van der Waals surface area contributed by atoms with E-state index in [0.29, 0.717) is 40.7 Å². The molecular formula is C26H21NO5. The molecule has 0 saturated heterocycles. The molecule has 6 heteroatoms. The van der Waals surface area contributed by atoms with Gasteiger partial charge < -0.3 is 14.2 Å². The number of ketones is 1. The van der Waals surface area contributed by atoms with Crippen LogP contribution in [0.1, 0.15) is 53.4 Å². The Morgan fingerprint density at radius 1 is 1.06 bits per heavy atom. The molecule has 1 atom stereocenters. The summed E-state index contributed by atoms with van der Waals surface area (Å²) in [5.41, 5.74) is 3.72. The van der Waals surface area contributed by atoms with Crippen molar-refractivity contribution in [2.24, 2.45) is 0 Å². The number of pyridine rings is 1. The lowest BCUT2D eigenvalue weighted by Gasteiger charge is -2.26. The highest BCUT2D eigenvalue weighted by Gasteiger charge is 2.38. The minimum absolute atomic E-state index is 0.147. The molecule has 0 radical (unpaired) electrons. The predicted molar refractivity (Wildman–Crippen MR) is 117 cm³/mol. The van der Waals surface area contributed by atoms with Crippen LogP contribution in [0.3, 0.4) is 0 Å². The second-order valence-electron chi connectivity index (χ2n) is 8.03. The van der Waals surface area contributed by atoms with Gasteiger partial charge in [0.15, 0.2) is 5.76 Å². The SMILES string of the molecule is CC(C)=C1Oc2c(ccc3c2C(c2cccc(OCc4ccccn4)c2)CC(=O)O3)C1=O. The van der Waals surface area contributed by atoms with Crippen LogP contribution in [-0.4, -0.2) is 16.7 Å². The van der Waals surface area contributed by atoms with Crippen molar-refractivity contribution in [1.82, 2.24) is 4.98 Å². The summed E-state index contributed by atoms with van der Waals surface area (Å²) in [5, 5.41) is 0. The van der Waals surface area contributed by atoms with Gasteiger partial charge in [0.05, 0.1) is 17.7 Å². The van der Waals surface area contributed by atoms with Crippen LogP contribution in [0.15, 0.2) is 72.1 Å². The van der Waals surface area contributed by atoms with Crippen LogP contribution in [-0.2, 0) is 11.4 Å². The molecule has 3 aromatic rings. The third-order valence-electron chi connectivity index (χ3n) is 5.58. The minimum Gasteiger partial charge on any atom is -0.487 e. The second kappa shape index (κ2) is 7.96. The molecule has 6 nitrogen and oxygen atoms in total. The topological polar surface area (TPSA) is 74.7 Å². The van der Waals surface area contributed by atoms with E-state index >= 15 is 0 Å². The summed E-state index contributed by atoms with van der Waals surface area (Å²) in [6, 6.07) is 16.6. The molecule has 0 amide bonds. The molecule has 1 unspecified atom stereocenters. The molecule has 2 aliphatic heterocycles. The molecule has 0 aliphatic carbocycles. The van der Waals surface area contributed by atoms with Gasteiger partial charge in [0.2, 0.25) is 5.78 Å². The number of aromatic nitrogens is 1.